The van der Waals surface area contributed by atoms with E-state index in [2.05, 4.69) is 74.6 Å². The molecule has 0 aliphatic heterocycles. The van der Waals surface area contributed by atoms with E-state index in [9.17, 15) is 0 Å². The van der Waals surface area contributed by atoms with Crippen molar-refractivity contribution < 1.29 is 29.9 Å². The summed E-state index contributed by atoms with van der Waals surface area (Å²) in [6.45, 7) is 7.62. The van der Waals surface area contributed by atoms with Crippen LogP contribution < -0.4 is 4.74 Å². The first-order chi connectivity index (χ1) is 27.3. The Morgan fingerprint density at radius 3 is 2.15 bits per heavy atom. The third-order valence-corrected chi connectivity index (χ3v) is 9.20. The zero-order valence-electron chi connectivity index (χ0n) is 31.8. The number of aromatic nitrogens is 5. The standard InChI is InChI=1S/C46H30N6O.Pt/c1-30-23-24-48-44(25-30)52-42-20-11-10-17-40(42)41-22-21-36(29-43(41)52)53-37-27-34(26-35(28-37)47-3)46-50-49-31(2)51(46)45-38(32-13-6-4-7-14-32)18-12-19-39(45)33-15-8-5-9-16-33;/h4-26,28H,1-2H3;/q-2;+2/i1D3;. The van der Waals surface area contributed by atoms with Crippen LogP contribution in [0.25, 0.3) is 71.8 Å². The number of ether oxygens (including phenoxy) is 1. The number of aryl methyl sites for hydroxylation is 2. The van der Waals surface area contributed by atoms with E-state index in [0.29, 0.717) is 45.7 Å². The molecule has 9 aromatic rings. The molecule has 0 spiro atoms. The second-order valence-electron chi connectivity index (χ2n) is 12.5. The van der Waals surface area contributed by atoms with Crippen molar-refractivity contribution in [2.24, 2.45) is 0 Å². The molecule has 0 unspecified atom stereocenters. The number of pyridine rings is 1. The van der Waals surface area contributed by atoms with Gasteiger partial charge < -0.3 is 13.9 Å². The van der Waals surface area contributed by atoms with Gasteiger partial charge in [0.2, 0.25) is 0 Å². The molecule has 8 heteroatoms. The van der Waals surface area contributed by atoms with E-state index in [4.69, 9.17) is 15.4 Å². The Kier molecular flexibility index (Phi) is 8.27. The van der Waals surface area contributed by atoms with Gasteiger partial charge in [0.25, 0.3) is 0 Å². The summed E-state index contributed by atoms with van der Waals surface area (Å²) >= 11 is 0. The fourth-order valence-corrected chi connectivity index (χ4v) is 6.89. The first kappa shape index (κ1) is 31.0. The number of hydrogen-bond acceptors (Lipinski definition) is 4. The van der Waals surface area contributed by atoms with Crippen molar-refractivity contribution in [2.75, 3.05) is 0 Å². The molecule has 0 saturated heterocycles. The molecule has 0 radical (unpaired) electrons. The monoisotopic (exact) mass is 880 g/mol. The van der Waals surface area contributed by atoms with Gasteiger partial charge in [0.15, 0.2) is 0 Å². The summed E-state index contributed by atoms with van der Waals surface area (Å²) in [6.07, 6.45) is 1.51. The van der Waals surface area contributed by atoms with Crippen LogP contribution in [0.2, 0.25) is 0 Å². The molecular formula is C46H30N6OPt. The van der Waals surface area contributed by atoms with E-state index in [1.165, 1.54) is 12.3 Å². The second-order valence-corrected chi connectivity index (χ2v) is 12.5. The minimum absolute atomic E-state index is 0. The van der Waals surface area contributed by atoms with E-state index in [0.717, 1.165) is 44.2 Å². The molecule has 0 bridgehead atoms. The van der Waals surface area contributed by atoms with Crippen molar-refractivity contribution in [3.05, 3.63) is 181 Å². The fourth-order valence-electron chi connectivity index (χ4n) is 6.89. The Balaban J connectivity index is 0.00000455. The van der Waals surface area contributed by atoms with Crippen LogP contribution in [0.3, 0.4) is 0 Å². The van der Waals surface area contributed by atoms with E-state index in [-0.39, 0.29) is 26.6 Å². The van der Waals surface area contributed by atoms with Gasteiger partial charge in [0.05, 0.1) is 18.1 Å². The molecular weight excluding hydrogens is 848 g/mol. The Morgan fingerprint density at radius 2 is 1.43 bits per heavy atom. The summed E-state index contributed by atoms with van der Waals surface area (Å²) in [5, 5.41) is 11.0. The zero-order chi connectivity index (χ0) is 38.4. The van der Waals surface area contributed by atoms with Crippen LogP contribution in [0, 0.1) is 32.5 Å². The SMILES string of the molecule is [2H]C([2H])([2H])c1ccnc(-n2c3[c-]c(Oc4[c-]c(-c5nnc(C)n5-c5c(-c6ccccc6)cccc5-c5ccccc5)cc([N+]#[C-])c4)ccc3c3ccccc32)c1.[Pt+2]. The van der Waals surface area contributed by atoms with Crippen LogP contribution in [0.4, 0.5) is 5.69 Å². The summed E-state index contributed by atoms with van der Waals surface area (Å²) < 4.78 is 34.3. The maximum absolute atomic E-state index is 8.00. The van der Waals surface area contributed by atoms with E-state index in [1.54, 1.807) is 18.2 Å². The molecule has 3 aromatic heterocycles. The molecule has 6 aromatic carbocycles. The van der Waals surface area contributed by atoms with Crippen molar-refractivity contribution in [1.29, 1.82) is 0 Å². The molecule has 7 nitrogen and oxygen atoms in total. The number of benzene rings is 6. The molecule has 3 heterocycles. The summed E-state index contributed by atoms with van der Waals surface area (Å²) in [5.41, 5.74) is 7.49. The molecule has 0 atom stereocenters. The first-order valence-corrected chi connectivity index (χ1v) is 17.0. The van der Waals surface area contributed by atoms with Gasteiger partial charge in [-0.15, -0.1) is 34.2 Å². The smallest absolute Gasteiger partial charge is 0.504 e. The zero-order valence-corrected chi connectivity index (χ0v) is 31.0. The van der Waals surface area contributed by atoms with Crippen LogP contribution in [-0.2, 0) is 21.1 Å². The molecule has 0 aliphatic rings. The third kappa shape index (κ3) is 6.17. The second kappa shape index (κ2) is 14.4. The van der Waals surface area contributed by atoms with Crippen molar-refractivity contribution in [3.8, 4) is 56.6 Å². The predicted molar refractivity (Wildman–Crippen MR) is 210 cm³/mol. The molecule has 0 amide bonds. The van der Waals surface area contributed by atoms with Crippen LogP contribution >= 0.6 is 0 Å². The van der Waals surface area contributed by atoms with Crippen molar-refractivity contribution in [2.45, 2.75) is 13.8 Å². The summed E-state index contributed by atoms with van der Waals surface area (Å²) in [6, 6.07) is 51.5. The number of hydrogen-bond donors (Lipinski definition) is 0. The Hall–Kier alpha value is -6.61. The summed E-state index contributed by atoms with van der Waals surface area (Å²) in [4.78, 5) is 8.34. The van der Waals surface area contributed by atoms with Gasteiger partial charge in [-0.1, -0.05) is 115 Å². The van der Waals surface area contributed by atoms with Gasteiger partial charge in [0.1, 0.15) is 17.3 Å². The number of fused-ring (bicyclic) bond motifs is 3. The predicted octanol–water partition coefficient (Wildman–Crippen LogP) is 11.3. The molecule has 9 rings (SSSR count). The topological polar surface area (TPSA) is 62.1 Å². The van der Waals surface area contributed by atoms with Gasteiger partial charge in [-0.25, -0.2) is 4.98 Å². The van der Waals surface area contributed by atoms with Crippen LogP contribution in [0.15, 0.2) is 146 Å². The molecule has 0 aliphatic carbocycles. The van der Waals surface area contributed by atoms with Crippen LogP contribution in [-0.4, -0.2) is 24.3 Å². The molecule has 54 heavy (non-hydrogen) atoms. The third-order valence-electron chi connectivity index (χ3n) is 9.20. The Bertz CT molecular complexity index is 2910. The average Bonchev–Trinajstić information content (AvgIpc) is 3.77. The maximum Gasteiger partial charge on any atom is 2.00 e. The first-order valence-electron chi connectivity index (χ1n) is 18.5. The van der Waals surface area contributed by atoms with Gasteiger partial charge in [0, 0.05) is 38.5 Å². The molecule has 0 saturated carbocycles. The fraction of sp³-hybridized carbons (Fsp3) is 0.0435. The molecule has 0 fully saturated rings. The average molecular weight is 881 g/mol. The minimum Gasteiger partial charge on any atom is -0.504 e. The van der Waals surface area contributed by atoms with Gasteiger partial charge in [-0.3, -0.25) is 4.85 Å². The van der Waals surface area contributed by atoms with Crippen molar-refractivity contribution >= 4 is 27.5 Å². The minimum atomic E-state index is -2.30. The van der Waals surface area contributed by atoms with Crippen molar-refractivity contribution in [1.82, 2.24) is 24.3 Å². The summed E-state index contributed by atoms with van der Waals surface area (Å²) in [5.74, 6) is 2.27. The quantitative estimate of drug-likeness (QED) is 0.150. The van der Waals surface area contributed by atoms with Gasteiger partial charge in [-0.05, 0) is 54.1 Å². The van der Waals surface area contributed by atoms with Gasteiger partial charge >= 0.3 is 21.1 Å². The summed E-state index contributed by atoms with van der Waals surface area (Å²) in [7, 11) is 0. The van der Waals surface area contributed by atoms with Crippen molar-refractivity contribution in [3.63, 3.8) is 0 Å². The van der Waals surface area contributed by atoms with Crippen LogP contribution in [0.1, 0.15) is 15.5 Å². The molecule has 0 N–H and O–H groups in total. The molecule has 260 valence electrons. The normalized spacial score (nSPS) is 12.0. The Labute approximate surface area is 331 Å². The maximum atomic E-state index is 8.00. The van der Waals surface area contributed by atoms with E-state index >= 15 is 0 Å². The largest absolute Gasteiger partial charge is 2.00 e. The van der Waals surface area contributed by atoms with E-state index < -0.39 is 6.85 Å². The van der Waals surface area contributed by atoms with Gasteiger partial charge in [-0.2, -0.15) is 11.2 Å². The number of para-hydroxylation sites is 2. The Morgan fingerprint density at radius 1 is 0.704 bits per heavy atom. The number of rotatable bonds is 7. The number of nitrogens with zero attached hydrogens (tertiary/aromatic N) is 6. The van der Waals surface area contributed by atoms with Crippen LogP contribution in [0.5, 0.6) is 11.5 Å². The van der Waals surface area contributed by atoms with E-state index in [1.807, 2.05) is 88.9 Å².